The van der Waals surface area contributed by atoms with Crippen LogP contribution in [-0.4, -0.2) is 39.9 Å². The van der Waals surface area contributed by atoms with Gasteiger partial charge in [0.1, 0.15) is 0 Å². The predicted molar refractivity (Wildman–Crippen MR) is 191 cm³/mol. The molecule has 0 fully saturated rings. The molecule has 2 heterocycles. The lowest BCUT2D eigenvalue weighted by molar-refractivity contribution is 0.0743. The molecule has 0 bridgehead atoms. The van der Waals surface area contributed by atoms with Crippen LogP contribution in [0.15, 0.2) is 24.4 Å². The van der Waals surface area contributed by atoms with E-state index in [0.29, 0.717) is 43.9 Å². The summed E-state index contributed by atoms with van der Waals surface area (Å²) >= 11 is 0. The van der Waals surface area contributed by atoms with Gasteiger partial charge in [-0.1, -0.05) is 111 Å². The average molecular weight is 630 g/mol. The normalized spacial score (nSPS) is 18.7. The van der Waals surface area contributed by atoms with Crippen molar-refractivity contribution in [3.8, 4) is 0 Å². The van der Waals surface area contributed by atoms with E-state index in [1.165, 1.54) is 23.9 Å². The molecule has 0 unspecified atom stereocenters. The first-order chi connectivity index (χ1) is 19.8. The second-order valence-electron chi connectivity index (χ2n) is 19.0. The second kappa shape index (κ2) is 13.6. The summed E-state index contributed by atoms with van der Waals surface area (Å²) in [6, 6.07) is 3.07. The quantitative estimate of drug-likeness (QED) is 0.282. The number of nitrogens with zero attached hydrogens (tertiary/aromatic N) is 2. The maximum absolute atomic E-state index is 11.6. The zero-order valence-electron chi connectivity index (χ0n) is 31.8. The van der Waals surface area contributed by atoms with Gasteiger partial charge >= 0.3 is 12.2 Å². The van der Waals surface area contributed by atoms with E-state index in [0.717, 1.165) is 16.0 Å². The highest BCUT2D eigenvalue weighted by Gasteiger charge is 2.44. The second-order valence-corrected chi connectivity index (χ2v) is 19.0. The Kier molecular flexibility index (Phi) is 12.2. The van der Waals surface area contributed by atoms with E-state index in [2.05, 4.69) is 111 Å². The van der Waals surface area contributed by atoms with Gasteiger partial charge in [-0.15, -0.1) is 0 Å². The molecular formula is C38H67N3O4. The van der Waals surface area contributed by atoms with Crippen molar-refractivity contribution in [1.82, 2.24) is 4.90 Å². The molecule has 2 aliphatic rings. The summed E-state index contributed by atoms with van der Waals surface area (Å²) in [5.74, 6) is -0.237. The number of carboxylic acid groups (broad SMARTS) is 2. The van der Waals surface area contributed by atoms with Crippen molar-refractivity contribution >= 4 is 23.6 Å². The summed E-state index contributed by atoms with van der Waals surface area (Å²) in [6.45, 7) is 39.4. The molecule has 0 saturated carbocycles. The Hall–Kier alpha value is -2.70. The fourth-order valence-electron chi connectivity index (χ4n) is 6.40. The van der Waals surface area contributed by atoms with Crippen LogP contribution in [0.1, 0.15) is 141 Å². The topological polar surface area (TPSA) is 107 Å². The molecule has 1 aromatic carbocycles. The van der Waals surface area contributed by atoms with E-state index in [1.54, 1.807) is 25.1 Å². The molecule has 7 heteroatoms. The summed E-state index contributed by atoms with van der Waals surface area (Å²) in [7, 11) is 0. The Balaban J connectivity index is 0.000000366. The Bertz CT molecular complexity index is 1180. The van der Waals surface area contributed by atoms with Crippen LogP contribution in [0.25, 0.3) is 0 Å². The molecule has 0 spiro atoms. The fourth-order valence-corrected chi connectivity index (χ4v) is 6.40. The largest absolute Gasteiger partial charge is 0.465 e. The van der Waals surface area contributed by atoms with Gasteiger partial charge in [-0.05, 0) is 81.6 Å². The number of carbonyl (C=O) groups is 2. The third-order valence-electron chi connectivity index (χ3n) is 10.0. The number of hydrogen-bond donors (Lipinski definition) is 3. The first-order valence-electron chi connectivity index (χ1n) is 16.4. The lowest BCUT2D eigenvalue weighted by Gasteiger charge is -2.43. The van der Waals surface area contributed by atoms with Gasteiger partial charge in [-0.2, -0.15) is 0 Å². The molecule has 3 rings (SSSR count). The lowest BCUT2D eigenvalue weighted by Crippen LogP contribution is -2.43. The van der Waals surface area contributed by atoms with E-state index < -0.39 is 18.2 Å². The van der Waals surface area contributed by atoms with Gasteiger partial charge < -0.3 is 15.9 Å². The first kappa shape index (κ1) is 40.3. The molecule has 258 valence electrons. The smallest absolute Gasteiger partial charge is 0.412 e. The monoisotopic (exact) mass is 630 g/mol. The zero-order chi connectivity index (χ0) is 35.7. The summed E-state index contributed by atoms with van der Waals surface area (Å²) in [5, 5.41) is 18.6. The van der Waals surface area contributed by atoms with Gasteiger partial charge in [0, 0.05) is 24.4 Å². The SMILES string of the molecule is CC(C)(C)CC(C)(C)C(C)(C)C.CC(C)(C)CC(C)(C)C(C)(C)C.Cc1cc(N)cc2c1N(C(=O)O)[C@@H]1C=CN(C(=O)O)C[C@@H]21. The van der Waals surface area contributed by atoms with Gasteiger partial charge in [0.2, 0.25) is 0 Å². The fraction of sp³-hybridized carbons (Fsp3) is 0.737. The number of anilines is 2. The molecule has 45 heavy (non-hydrogen) atoms. The Labute approximate surface area is 275 Å². The molecule has 0 aromatic heterocycles. The van der Waals surface area contributed by atoms with Gasteiger partial charge in [-0.25, -0.2) is 9.59 Å². The molecule has 2 amide bonds. The minimum Gasteiger partial charge on any atom is -0.465 e. The number of rotatable bonds is 2. The van der Waals surface area contributed by atoms with Gasteiger partial charge in [0.25, 0.3) is 0 Å². The zero-order valence-corrected chi connectivity index (χ0v) is 31.8. The van der Waals surface area contributed by atoms with Crippen molar-refractivity contribution in [2.45, 2.75) is 143 Å². The summed E-state index contributed by atoms with van der Waals surface area (Å²) in [5.41, 5.74) is 11.1. The summed E-state index contributed by atoms with van der Waals surface area (Å²) < 4.78 is 0. The third kappa shape index (κ3) is 11.0. The van der Waals surface area contributed by atoms with E-state index in [-0.39, 0.29) is 12.5 Å². The van der Waals surface area contributed by atoms with Crippen molar-refractivity contribution in [1.29, 1.82) is 0 Å². The molecular weight excluding hydrogens is 562 g/mol. The molecule has 7 nitrogen and oxygen atoms in total. The third-order valence-corrected chi connectivity index (χ3v) is 10.0. The molecule has 4 N–H and O–H groups in total. The molecule has 0 saturated heterocycles. The van der Waals surface area contributed by atoms with Crippen LogP contribution in [0.3, 0.4) is 0 Å². The molecule has 0 aliphatic carbocycles. The van der Waals surface area contributed by atoms with Crippen LogP contribution in [0.5, 0.6) is 0 Å². The van der Waals surface area contributed by atoms with Crippen molar-refractivity contribution in [3.63, 3.8) is 0 Å². The minimum atomic E-state index is -1.05. The van der Waals surface area contributed by atoms with Crippen LogP contribution in [0, 0.1) is 39.4 Å². The van der Waals surface area contributed by atoms with Crippen molar-refractivity contribution in [2.75, 3.05) is 17.2 Å². The van der Waals surface area contributed by atoms with E-state index in [9.17, 15) is 14.7 Å². The Morgan fingerprint density at radius 2 is 1.18 bits per heavy atom. The van der Waals surface area contributed by atoms with Crippen LogP contribution in [0.4, 0.5) is 21.0 Å². The van der Waals surface area contributed by atoms with E-state index in [4.69, 9.17) is 10.8 Å². The molecule has 0 radical (unpaired) electrons. The number of benzene rings is 1. The molecule has 2 atom stereocenters. The Morgan fingerprint density at radius 1 is 0.756 bits per heavy atom. The van der Waals surface area contributed by atoms with Crippen LogP contribution < -0.4 is 10.6 Å². The van der Waals surface area contributed by atoms with E-state index in [1.807, 2.05) is 0 Å². The lowest BCUT2D eigenvalue weighted by atomic mass is 9.62. The van der Waals surface area contributed by atoms with Crippen LogP contribution in [0.2, 0.25) is 0 Å². The number of nitrogens with two attached hydrogens (primary N) is 1. The van der Waals surface area contributed by atoms with Crippen molar-refractivity contribution in [2.24, 2.45) is 32.5 Å². The number of fused-ring (bicyclic) bond motifs is 3. The highest BCUT2D eigenvalue weighted by atomic mass is 16.4. The van der Waals surface area contributed by atoms with Gasteiger partial charge in [-0.3, -0.25) is 9.80 Å². The standard InChI is InChI=1S/C14H15N3O4.2C12H26/c1-7-4-8(15)5-9-10-6-16(13(18)19)3-2-11(10)17(12(7)9)14(20)21;2*1-10(2,3)9-12(7,8)11(4,5)6/h2-5,10-11H,6,15H2,1H3,(H,18,19)(H,20,21);2*9H2,1-8H3/t10-,11+;;/m0../s1. The number of aryl methyl sites for hydroxylation is 1. The van der Waals surface area contributed by atoms with Crippen molar-refractivity contribution in [3.05, 3.63) is 35.5 Å². The highest BCUT2D eigenvalue weighted by molar-refractivity contribution is 5.93. The predicted octanol–water partition coefficient (Wildman–Crippen LogP) is 11.0. The van der Waals surface area contributed by atoms with E-state index >= 15 is 0 Å². The number of amides is 2. The molecule has 1 aromatic rings. The van der Waals surface area contributed by atoms with Gasteiger partial charge in [0.05, 0.1) is 11.7 Å². The van der Waals surface area contributed by atoms with Crippen molar-refractivity contribution < 1.29 is 19.8 Å². The maximum Gasteiger partial charge on any atom is 0.412 e. The number of nitrogen functional groups attached to an aromatic ring is 1. The highest BCUT2D eigenvalue weighted by Crippen LogP contribution is 2.48. The first-order valence-corrected chi connectivity index (χ1v) is 16.4. The summed E-state index contributed by atoms with van der Waals surface area (Å²) in [6.07, 6.45) is 3.49. The average Bonchev–Trinajstić information content (AvgIpc) is 3.09. The maximum atomic E-state index is 11.6. The summed E-state index contributed by atoms with van der Waals surface area (Å²) in [4.78, 5) is 25.2. The number of hydrogen-bond acceptors (Lipinski definition) is 3. The van der Waals surface area contributed by atoms with Crippen LogP contribution >= 0.6 is 0 Å². The molecule has 2 aliphatic heterocycles. The minimum absolute atomic E-state index is 0.218. The van der Waals surface area contributed by atoms with Crippen LogP contribution in [-0.2, 0) is 0 Å². The van der Waals surface area contributed by atoms with Gasteiger partial charge in [0.15, 0.2) is 0 Å². The Morgan fingerprint density at radius 3 is 1.49 bits per heavy atom.